The number of aryl methyl sites for hydroxylation is 1. The normalized spacial score (nSPS) is 20.1. The molecular weight excluding hydrogens is 206 g/mol. The number of nitrogens with zero attached hydrogens (tertiary/aromatic N) is 2. The van der Waals surface area contributed by atoms with Crippen molar-refractivity contribution in [3.05, 3.63) is 34.2 Å². The molecule has 1 atom stereocenters. The smallest absolute Gasteiger partial charge is 0.254 e. The summed E-state index contributed by atoms with van der Waals surface area (Å²) in [7, 11) is 1.66. The van der Waals surface area contributed by atoms with Crippen LogP contribution in [0.3, 0.4) is 0 Å². The largest absolute Gasteiger partial charge is 0.337 e. The van der Waals surface area contributed by atoms with E-state index in [1.54, 1.807) is 24.2 Å². The molecule has 0 unspecified atom stereocenters. The van der Waals surface area contributed by atoms with Gasteiger partial charge in [0.25, 0.3) is 11.5 Å². The minimum absolute atomic E-state index is 0.0653. The van der Waals surface area contributed by atoms with Gasteiger partial charge in [-0.1, -0.05) is 0 Å². The van der Waals surface area contributed by atoms with Gasteiger partial charge in [0, 0.05) is 44.0 Å². The van der Waals surface area contributed by atoms with Crippen molar-refractivity contribution in [2.24, 2.45) is 12.8 Å². The molecule has 2 rings (SSSR count). The molecule has 0 bridgehead atoms. The third-order valence-corrected chi connectivity index (χ3v) is 2.86. The number of nitrogens with two attached hydrogens (primary N) is 1. The summed E-state index contributed by atoms with van der Waals surface area (Å²) in [5.41, 5.74) is 6.01. The molecule has 86 valence electrons. The number of amides is 1. The average Bonchev–Trinajstić information content (AvgIpc) is 2.68. The molecule has 1 saturated heterocycles. The van der Waals surface area contributed by atoms with Crippen molar-refractivity contribution in [2.75, 3.05) is 13.1 Å². The predicted octanol–water partition coefficient (Wildman–Crippen LogP) is -0.442. The van der Waals surface area contributed by atoms with Crippen molar-refractivity contribution in [1.29, 1.82) is 0 Å². The molecule has 5 nitrogen and oxygen atoms in total. The van der Waals surface area contributed by atoms with Crippen LogP contribution in [-0.2, 0) is 7.05 Å². The molecule has 1 amide bonds. The highest BCUT2D eigenvalue weighted by Gasteiger charge is 2.24. The molecule has 5 heteroatoms. The first-order valence-corrected chi connectivity index (χ1v) is 5.29. The zero-order chi connectivity index (χ0) is 11.7. The summed E-state index contributed by atoms with van der Waals surface area (Å²) in [6.45, 7) is 1.25. The SMILES string of the molecule is Cn1ccc(C(=O)N2CC[C@H](N)C2)cc1=O. The van der Waals surface area contributed by atoms with Gasteiger partial charge in [0.1, 0.15) is 0 Å². The van der Waals surface area contributed by atoms with Gasteiger partial charge in [-0.3, -0.25) is 9.59 Å². The Kier molecular flexibility index (Phi) is 2.78. The maximum absolute atomic E-state index is 12.0. The number of aromatic nitrogens is 1. The first kappa shape index (κ1) is 10.9. The molecule has 1 fully saturated rings. The van der Waals surface area contributed by atoms with Gasteiger partial charge in [-0.15, -0.1) is 0 Å². The Hall–Kier alpha value is -1.62. The van der Waals surface area contributed by atoms with Crippen LogP contribution in [-0.4, -0.2) is 34.5 Å². The lowest BCUT2D eigenvalue weighted by Crippen LogP contribution is -2.32. The molecule has 0 aliphatic carbocycles. The first-order valence-electron chi connectivity index (χ1n) is 5.29. The van der Waals surface area contributed by atoms with Gasteiger partial charge in [-0.05, 0) is 12.5 Å². The van der Waals surface area contributed by atoms with Gasteiger partial charge in [0.05, 0.1) is 0 Å². The van der Waals surface area contributed by atoms with Crippen LogP contribution in [0.1, 0.15) is 16.8 Å². The summed E-state index contributed by atoms with van der Waals surface area (Å²) in [6, 6.07) is 3.09. The van der Waals surface area contributed by atoms with Crippen LogP contribution in [0.4, 0.5) is 0 Å². The van der Waals surface area contributed by atoms with E-state index in [1.165, 1.54) is 10.6 Å². The van der Waals surface area contributed by atoms with E-state index in [4.69, 9.17) is 5.73 Å². The van der Waals surface area contributed by atoms with Gasteiger partial charge >= 0.3 is 0 Å². The Morgan fingerprint density at radius 1 is 1.56 bits per heavy atom. The van der Waals surface area contributed by atoms with Crippen LogP contribution >= 0.6 is 0 Å². The Labute approximate surface area is 93.5 Å². The molecule has 16 heavy (non-hydrogen) atoms. The van der Waals surface area contributed by atoms with Crippen molar-refractivity contribution in [3.8, 4) is 0 Å². The first-order chi connectivity index (χ1) is 7.58. The van der Waals surface area contributed by atoms with Crippen molar-refractivity contribution in [3.63, 3.8) is 0 Å². The topological polar surface area (TPSA) is 68.3 Å². The Morgan fingerprint density at radius 3 is 2.88 bits per heavy atom. The lowest BCUT2D eigenvalue weighted by molar-refractivity contribution is 0.0790. The fraction of sp³-hybridized carbons (Fsp3) is 0.455. The van der Waals surface area contributed by atoms with Crippen LogP contribution in [0.2, 0.25) is 0 Å². The number of hydrogen-bond donors (Lipinski definition) is 1. The number of carbonyl (C=O) groups excluding carboxylic acids is 1. The van der Waals surface area contributed by atoms with E-state index in [-0.39, 0.29) is 17.5 Å². The molecule has 2 heterocycles. The summed E-state index contributed by atoms with van der Waals surface area (Å²) < 4.78 is 1.44. The van der Waals surface area contributed by atoms with Gasteiger partial charge in [-0.2, -0.15) is 0 Å². The quantitative estimate of drug-likeness (QED) is 0.699. The third kappa shape index (κ3) is 1.99. The summed E-state index contributed by atoms with van der Waals surface area (Å²) in [6.07, 6.45) is 2.43. The zero-order valence-corrected chi connectivity index (χ0v) is 9.22. The molecular formula is C11H15N3O2. The molecule has 1 aliphatic heterocycles. The van der Waals surface area contributed by atoms with Crippen LogP contribution in [0.25, 0.3) is 0 Å². The molecule has 0 radical (unpaired) electrons. The van der Waals surface area contributed by atoms with E-state index < -0.39 is 0 Å². The second kappa shape index (κ2) is 4.09. The zero-order valence-electron chi connectivity index (χ0n) is 9.22. The maximum atomic E-state index is 12.0. The molecule has 0 saturated carbocycles. The highest BCUT2D eigenvalue weighted by Crippen LogP contribution is 2.11. The lowest BCUT2D eigenvalue weighted by Gasteiger charge is -2.15. The average molecular weight is 221 g/mol. The van der Waals surface area contributed by atoms with Crippen molar-refractivity contribution < 1.29 is 4.79 Å². The molecule has 1 aliphatic rings. The third-order valence-electron chi connectivity index (χ3n) is 2.86. The Morgan fingerprint density at radius 2 is 2.31 bits per heavy atom. The van der Waals surface area contributed by atoms with Crippen molar-refractivity contribution >= 4 is 5.91 Å². The summed E-state index contributed by atoms with van der Waals surface area (Å²) in [4.78, 5) is 25.1. The summed E-state index contributed by atoms with van der Waals surface area (Å²) >= 11 is 0. The highest BCUT2D eigenvalue weighted by atomic mass is 16.2. The van der Waals surface area contributed by atoms with E-state index in [9.17, 15) is 9.59 Å². The Bertz CT molecular complexity index is 467. The number of carbonyl (C=O) groups is 1. The molecule has 0 aromatic carbocycles. The van der Waals surface area contributed by atoms with Crippen LogP contribution < -0.4 is 11.3 Å². The second-order valence-electron chi connectivity index (χ2n) is 4.16. The number of likely N-dealkylation sites (tertiary alicyclic amines) is 1. The summed E-state index contributed by atoms with van der Waals surface area (Å²) in [5, 5.41) is 0. The van der Waals surface area contributed by atoms with E-state index in [0.29, 0.717) is 18.7 Å². The maximum Gasteiger partial charge on any atom is 0.254 e. The van der Waals surface area contributed by atoms with E-state index in [0.717, 1.165) is 6.42 Å². The summed E-state index contributed by atoms with van der Waals surface area (Å²) in [5.74, 6) is -0.106. The molecule has 0 spiro atoms. The van der Waals surface area contributed by atoms with Gasteiger partial charge < -0.3 is 15.2 Å². The second-order valence-corrected chi connectivity index (χ2v) is 4.16. The van der Waals surface area contributed by atoms with Crippen LogP contribution in [0, 0.1) is 0 Å². The number of hydrogen-bond acceptors (Lipinski definition) is 3. The monoisotopic (exact) mass is 221 g/mol. The molecule has 1 aromatic rings. The number of rotatable bonds is 1. The van der Waals surface area contributed by atoms with Gasteiger partial charge in [0.2, 0.25) is 0 Å². The predicted molar refractivity (Wildman–Crippen MR) is 60.2 cm³/mol. The van der Waals surface area contributed by atoms with Crippen molar-refractivity contribution in [2.45, 2.75) is 12.5 Å². The van der Waals surface area contributed by atoms with Crippen molar-refractivity contribution in [1.82, 2.24) is 9.47 Å². The van der Waals surface area contributed by atoms with Crippen LogP contribution in [0.15, 0.2) is 23.1 Å². The van der Waals surface area contributed by atoms with E-state index in [1.807, 2.05) is 0 Å². The van der Waals surface area contributed by atoms with E-state index >= 15 is 0 Å². The Balaban J connectivity index is 2.21. The molecule has 2 N–H and O–H groups in total. The minimum Gasteiger partial charge on any atom is -0.337 e. The van der Waals surface area contributed by atoms with Crippen LogP contribution in [0.5, 0.6) is 0 Å². The minimum atomic E-state index is -0.172. The van der Waals surface area contributed by atoms with Gasteiger partial charge in [-0.25, -0.2) is 0 Å². The molecule has 1 aromatic heterocycles. The van der Waals surface area contributed by atoms with Gasteiger partial charge in [0.15, 0.2) is 0 Å². The standard InChI is InChI=1S/C11H15N3O2/c1-13-4-2-8(6-10(13)15)11(16)14-5-3-9(12)7-14/h2,4,6,9H,3,5,7,12H2,1H3/t9-/m0/s1. The fourth-order valence-electron chi connectivity index (χ4n) is 1.84. The fourth-order valence-corrected chi connectivity index (χ4v) is 1.84. The highest BCUT2D eigenvalue weighted by molar-refractivity contribution is 5.94. The lowest BCUT2D eigenvalue weighted by atomic mass is 10.2. The van der Waals surface area contributed by atoms with E-state index in [2.05, 4.69) is 0 Å². The number of pyridine rings is 1.